The standard InChI is InChI=1S/C16H18ClN3O2/c17-13-8-4-1-5-11(13)9-16-19-14(20-22-16)10-15(21)18-12-6-2-3-7-12/h1,4-5,8,12H,2-3,6-7,9-10H2,(H,18,21). The van der Waals surface area contributed by atoms with Crippen LogP contribution in [-0.2, 0) is 17.6 Å². The quantitative estimate of drug-likeness (QED) is 0.920. The van der Waals surface area contributed by atoms with Crippen molar-refractivity contribution in [3.05, 3.63) is 46.6 Å². The maximum absolute atomic E-state index is 11.9. The van der Waals surface area contributed by atoms with Gasteiger partial charge in [0.2, 0.25) is 11.8 Å². The van der Waals surface area contributed by atoms with Gasteiger partial charge in [-0.25, -0.2) is 0 Å². The number of halogens is 1. The van der Waals surface area contributed by atoms with Gasteiger partial charge in [-0.2, -0.15) is 4.98 Å². The van der Waals surface area contributed by atoms with Crippen molar-refractivity contribution in [3.8, 4) is 0 Å². The Balaban J connectivity index is 1.56. The van der Waals surface area contributed by atoms with Crippen molar-refractivity contribution in [2.24, 2.45) is 0 Å². The molecule has 116 valence electrons. The van der Waals surface area contributed by atoms with Gasteiger partial charge in [0.15, 0.2) is 5.82 Å². The molecular formula is C16H18ClN3O2. The van der Waals surface area contributed by atoms with E-state index in [0.29, 0.717) is 29.2 Å². The summed E-state index contributed by atoms with van der Waals surface area (Å²) in [6.07, 6.45) is 5.13. The fourth-order valence-electron chi connectivity index (χ4n) is 2.73. The highest BCUT2D eigenvalue weighted by atomic mass is 35.5. The van der Waals surface area contributed by atoms with Crippen molar-refractivity contribution in [1.82, 2.24) is 15.5 Å². The van der Waals surface area contributed by atoms with Gasteiger partial charge in [-0.15, -0.1) is 0 Å². The second-order valence-electron chi connectivity index (χ2n) is 5.60. The largest absolute Gasteiger partial charge is 0.353 e. The van der Waals surface area contributed by atoms with Crippen LogP contribution in [0.15, 0.2) is 28.8 Å². The Bertz CT molecular complexity index is 650. The molecular weight excluding hydrogens is 302 g/mol. The van der Waals surface area contributed by atoms with Gasteiger partial charge in [-0.1, -0.05) is 47.8 Å². The summed E-state index contributed by atoms with van der Waals surface area (Å²) in [5.74, 6) is 0.839. The molecule has 1 aromatic heterocycles. The minimum Gasteiger partial charge on any atom is -0.353 e. The maximum Gasteiger partial charge on any atom is 0.231 e. The van der Waals surface area contributed by atoms with Crippen LogP contribution in [0, 0.1) is 0 Å². The molecule has 1 fully saturated rings. The average molecular weight is 320 g/mol. The third-order valence-corrected chi connectivity index (χ3v) is 4.22. The molecule has 0 atom stereocenters. The van der Waals surface area contributed by atoms with Gasteiger partial charge < -0.3 is 9.84 Å². The third kappa shape index (κ3) is 3.85. The SMILES string of the molecule is O=C(Cc1noc(Cc2ccccc2Cl)n1)NC1CCCC1. The van der Waals surface area contributed by atoms with Crippen molar-refractivity contribution in [3.63, 3.8) is 0 Å². The molecule has 6 heteroatoms. The summed E-state index contributed by atoms with van der Waals surface area (Å²) in [7, 11) is 0. The zero-order valence-corrected chi connectivity index (χ0v) is 13.0. The molecule has 5 nitrogen and oxygen atoms in total. The van der Waals surface area contributed by atoms with Crippen LogP contribution < -0.4 is 5.32 Å². The van der Waals surface area contributed by atoms with Crippen molar-refractivity contribution < 1.29 is 9.32 Å². The van der Waals surface area contributed by atoms with Gasteiger partial charge in [0, 0.05) is 11.1 Å². The summed E-state index contributed by atoms with van der Waals surface area (Å²) in [6, 6.07) is 7.83. The topological polar surface area (TPSA) is 68.0 Å². The molecule has 0 unspecified atom stereocenters. The molecule has 0 aliphatic heterocycles. The maximum atomic E-state index is 11.9. The summed E-state index contributed by atoms with van der Waals surface area (Å²) < 4.78 is 5.19. The number of nitrogens with zero attached hydrogens (tertiary/aromatic N) is 2. The zero-order chi connectivity index (χ0) is 15.4. The van der Waals surface area contributed by atoms with E-state index in [1.54, 1.807) is 0 Å². The number of carbonyl (C=O) groups excluding carboxylic acids is 1. The highest BCUT2D eigenvalue weighted by Crippen LogP contribution is 2.19. The van der Waals surface area contributed by atoms with Gasteiger partial charge in [0.25, 0.3) is 0 Å². The number of benzene rings is 1. The summed E-state index contributed by atoms with van der Waals surface area (Å²) >= 11 is 6.11. The van der Waals surface area contributed by atoms with E-state index in [9.17, 15) is 4.79 Å². The molecule has 1 N–H and O–H groups in total. The lowest BCUT2D eigenvalue weighted by Gasteiger charge is -2.10. The predicted molar refractivity (Wildman–Crippen MR) is 82.7 cm³/mol. The molecule has 1 amide bonds. The Morgan fingerprint density at radius 3 is 2.86 bits per heavy atom. The molecule has 1 saturated carbocycles. The molecule has 1 aliphatic rings. The Kier molecular flexibility index (Phi) is 4.73. The first-order chi connectivity index (χ1) is 10.7. The number of aromatic nitrogens is 2. The van der Waals surface area contributed by atoms with Gasteiger partial charge in [-0.3, -0.25) is 4.79 Å². The lowest BCUT2D eigenvalue weighted by atomic mass is 10.1. The van der Waals surface area contributed by atoms with Crippen LogP contribution in [-0.4, -0.2) is 22.1 Å². The van der Waals surface area contributed by atoms with E-state index in [0.717, 1.165) is 18.4 Å². The molecule has 1 aliphatic carbocycles. The van der Waals surface area contributed by atoms with Crippen molar-refractivity contribution in [2.45, 2.75) is 44.6 Å². The van der Waals surface area contributed by atoms with Crippen molar-refractivity contribution in [2.75, 3.05) is 0 Å². The van der Waals surface area contributed by atoms with Crippen LogP contribution in [0.2, 0.25) is 5.02 Å². The molecule has 2 aromatic rings. The Morgan fingerprint density at radius 1 is 1.32 bits per heavy atom. The summed E-state index contributed by atoms with van der Waals surface area (Å²) in [6.45, 7) is 0. The molecule has 1 heterocycles. The molecule has 0 saturated heterocycles. The first-order valence-electron chi connectivity index (χ1n) is 7.55. The van der Waals surface area contributed by atoms with Crippen LogP contribution in [0.5, 0.6) is 0 Å². The van der Waals surface area contributed by atoms with Crippen LogP contribution in [0.1, 0.15) is 43.0 Å². The van der Waals surface area contributed by atoms with E-state index in [2.05, 4.69) is 15.5 Å². The molecule has 3 rings (SSSR count). The van der Waals surface area contributed by atoms with Crippen molar-refractivity contribution in [1.29, 1.82) is 0 Å². The monoisotopic (exact) mass is 319 g/mol. The summed E-state index contributed by atoms with van der Waals surface area (Å²) in [5, 5.41) is 7.55. The van der Waals surface area contributed by atoms with Gasteiger partial charge in [0.1, 0.15) is 0 Å². The minimum atomic E-state index is -0.0445. The number of carbonyl (C=O) groups is 1. The normalized spacial score (nSPS) is 15.1. The first kappa shape index (κ1) is 15.0. The Hall–Kier alpha value is -1.88. The number of nitrogens with one attached hydrogen (secondary N) is 1. The fourth-order valence-corrected chi connectivity index (χ4v) is 2.93. The van der Waals surface area contributed by atoms with Crippen LogP contribution in [0.4, 0.5) is 0 Å². The highest BCUT2D eigenvalue weighted by molar-refractivity contribution is 6.31. The fraction of sp³-hybridized carbons (Fsp3) is 0.438. The second kappa shape index (κ2) is 6.92. The summed E-state index contributed by atoms with van der Waals surface area (Å²) in [5.41, 5.74) is 0.926. The van der Waals surface area contributed by atoms with E-state index in [4.69, 9.17) is 16.1 Å². The number of hydrogen-bond acceptors (Lipinski definition) is 4. The van der Waals surface area contributed by atoms with Crippen molar-refractivity contribution >= 4 is 17.5 Å². The number of rotatable bonds is 5. The van der Waals surface area contributed by atoms with Crippen LogP contribution in [0.25, 0.3) is 0 Å². The predicted octanol–water partition coefficient (Wildman–Crippen LogP) is 2.92. The minimum absolute atomic E-state index is 0.0445. The first-order valence-corrected chi connectivity index (χ1v) is 7.93. The molecule has 1 aromatic carbocycles. The van der Waals surface area contributed by atoms with Gasteiger partial charge >= 0.3 is 0 Å². The molecule has 0 radical (unpaired) electrons. The van der Waals surface area contributed by atoms with E-state index in [1.165, 1.54) is 12.8 Å². The lowest BCUT2D eigenvalue weighted by Crippen LogP contribution is -2.33. The molecule has 22 heavy (non-hydrogen) atoms. The number of amides is 1. The zero-order valence-electron chi connectivity index (χ0n) is 12.2. The van der Waals surface area contributed by atoms with Crippen LogP contribution in [0.3, 0.4) is 0 Å². The average Bonchev–Trinajstić information content (AvgIpc) is 3.14. The Labute approximate surface area is 134 Å². The lowest BCUT2D eigenvalue weighted by molar-refractivity contribution is -0.121. The molecule has 0 bridgehead atoms. The van der Waals surface area contributed by atoms with E-state index < -0.39 is 0 Å². The van der Waals surface area contributed by atoms with E-state index in [-0.39, 0.29) is 12.3 Å². The third-order valence-electron chi connectivity index (χ3n) is 3.85. The second-order valence-corrected chi connectivity index (χ2v) is 6.01. The van der Waals surface area contributed by atoms with Gasteiger partial charge in [-0.05, 0) is 24.5 Å². The Morgan fingerprint density at radius 2 is 2.09 bits per heavy atom. The smallest absolute Gasteiger partial charge is 0.231 e. The van der Waals surface area contributed by atoms with E-state index in [1.807, 2.05) is 24.3 Å². The van der Waals surface area contributed by atoms with E-state index >= 15 is 0 Å². The van der Waals surface area contributed by atoms with Gasteiger partial charge in [0.05, 0.1) is 12.8 Å². The summed E-state index contributed by atoms with van der Waals surface area (Å²) in [4.78, 5) is 16.2. The highest BCUT2D eigenvalue weighted by Gasteiger charge is 2.18. The molecule has 0 spiro atoms. The van der Waals surface area contributed by atoms with Crippen LogP contribution >= 0.6 is 11.6 Å². The number of hydrogen-bond donors (Lipinski definition) is 1.